The zero-order chi connectivity index (χ0) is 19.1. The molecule has 1 aliphatic rings. The molecule has 1 unspecified atom stereocenters. The van der Waals surface area contributed by atoms with Crippen LogP contribution in [0.5, 0.6) is 11.5 Å². The summed E-state index contributed by atoms with van der Waals surface area (Å²) in [6, 6.07) is 12.2. The van der Waals surface area contributed by atoms with E-state index in [9.17, 15) is 0 Å². The highest BCUT2D eigenvalue weighted by Gasteiger charge is 2.16. The molecule has 0 saturated carbocycles. The monoisotopic (exact) mass is 425 g/mol. The average molecular weight is 426 g/mol. The molecule has 1 aliphatic heterocycles. The van der Waals surface area contributed by atoms with Crippen molar-refractivity contribution in [3.8, 4) is 11.5 Å². The molecule has 2 aromatic carbocycles. The maximum atomic E-state index is 6.51. The molecule has 1 heterocycles. The molecular formula is C22H29Cl2NO3. The summed E-state index contributed by atoms with van der Waals surface area (Å²) in [5.74, 6) is 1.29. The number of hydrogen-bond acceptors (Lipinski definition) is 4. The van der Waals surface area contributed by atoms with Crippen molar-refractivity contribution < 1.29 is 14.2 Å². The van der Waals surface area contributed by atoms with Crippen LogP contribution < -0.4 is 14.8 Å². The lowest BCUT2D eigenvalue weighted by Crippen LogP contribution is -2.25. The van der Waals surface area contributed by atoms with Gasteiger partial charge in [-0.3, -0.25) is 0 Å². The summed E-state index contributed by atoms with van der Waals surface area (Å²) < 4.78 is 17.4. The van der Waals surface area contributed by atoms with Gasteiger partial charge in [0, 0.05) is 19.7 Å². The third-order valence-electron chi connectivity index (χ3n) is 4.60. The predicted octanol–water partition coefficient (Wildman–Crippen LogP) is 5.32. The summed E-state index contributed by atoms with van der Waals surface area (Å²) in [7, 11) is 0. The summed E-state index contributed by atoms with van der Waals surface area (Å²) in [6.07, 6.45) is 2.60. The largest absolute Gasteiger partial charge is 0.490 e. The molecule has 28 heavy (non-hydrogen) atoms. The van der Waals surface area contributed by atoms with E-state index in [2.05, 4.69) is 36.5 Å². The lowest BCUT2D eigenvalue weighted by molar-refractivity contribution is 0.110. The Labute approximate surface area is 178 Å². The molecule has 0 amide bonds. The number of hydrogen-bond donors (Lipinski definition) is 1. The third kappa shape index (κ3) is 6.56. The predicted molar refractivity (Wildman–Crippen MR) is 116 cm³/mol. The highest BCUT2D eigenvalue weighted by molar-refractivity contribution is 6.32. The summed E-state index contributed by atoms with van der Waals surface area (Å²) in [6.45, 7) is 7.49. The molecule has 1 atom stereocenters. The van der Waals surface area contributed by atoms with Gasteiger partial charge < -0.3 is 19.5 Å². The van der Waals surface area contributed by atoms with E-state index >= 15 is 0 Å². The first-order valence-corrected chi connectivity index (χ1v) is 9.99. The van der Waals surface area contributed by atoms with Gasteiger partial charge in [0.1, 0.15) is 6.61 Å². The van der Waals surface area contributed by atoms with E-state index in [0.717, 1.165) is 43.7 Å². The van der Waals surface area contributed by atoms with Gasteiger partial charge in [0.2, 0.25) is 0 Å². The van der Waals surface area contributed by atoms with Crippen LogP contribution in [0.15, 0.2) is 36.4 Å². The zero-order valence-electron chi connectivity index (χ0n) is 16.5. The number of nitrogens with one attached hydrogen (secondary N) is 1. The zero-order valence-corrected chi connectivity index (χ0v) is 18.1. The van der Waals surface area contributed by atoms with E-state index in [1.54, 1.807) is 0 Å². The van der Waals surface area contributed by atoms with E-state index in [-0.39, 0.29) is 12.4 Å². The second-order valence-corrected chi connectivity index (χ2v) is 7.29. The third-order valence-corrected chi connectivity index (χ3v) is 4.88. The highest BCUT2D eigenvalue weighted by atomic mass is 35.5. The van der Waals surface area contributed by atoms with Crippen LogP contribution in [-0.2, 0) is 17.9 Å². The van der Waals surface area contributed by atoms with Gasteiger partial charge in [-0.2, -0.15) is 0 Å². The molecule has 0 aliphatic carbocycles. The fourth-order valence-corrected chi connectivity index (χ4v) is 3.44. The fourth-order valence-electron chi connectivity index (χ4n) is 3.15. The Bertz CT molecular complexity index is 731. The van der Waals surface area contributed by atoms with E-state index in [1.165, 1.54) is 5.56 Å². The number of ether oxygens (including phenoxy) is 3. The second-order valence-electron chi connectivity index (χ2n) is 6.88. The number of halogens is 2. The molecule has 0 radical (unpaired) electrons. The molecule has 0 bridgehead atoms. The Kier molecular flexibility index (Phi) is 9.39. The summed E-state index contributed by atoms with van der Waals surface area (Å²) in [5, 5.41) is 4.01. The molecule has 0 aromatic heterocycles. The number of aryl methyl sites for hydroxylation is 1. The standard InChI is InChI=1S/C22H28ClNO3.ClH/c1-3-25-21-12-18(13-24-14-19-5-4-10-26-19)11-20(23)22(21)27-15-17-8-6-16(2)7-9-17;/h6-9,11-12,19,24H,3-5,10,13-15H2,1-2H3;1H. The Morgan fingerprint density at radius 1 is 1.14 bits per heavy atom. The molecule has 3 rings (SSSR count). The Morgan fingerprint density at radius 3 is 2.61 bits per heavy atom. The van der Waals surface area contributed by atoms with E-state index in [1.807, 2.05) is 19.1 Å². The van der Waals surface area contributed by atoms with Crippen LogP contribution >= 0.6 is 24.0 Å². The molecule has 6 heteroatoms. The Hall–Kier alpha value is -1.46. The van der Waals surface area contributed by atoms with Crippen LogP contribution in [0.25, 0.3) is 0 Å². The average Bonchev–Trinajstić information content (AvgIpc) is 3.16. The van der Waals surface area contributed by atoms with E-state index in [0.29, 0.717) is 35.8 Å². The summed E-state index contributed by atoms with van der Waals surface area (Å²) in [4.78, 5) is 0. The molecule has 0 spiro atoms. The van der Waals surface area contributed by atoms with Crippen molar-refractivity contribution >= 4 is 24.0 Å². The number of rotatable bonds is 9. The highest BCUT2D eigenvalue weighted by Crippen LogP contribution is 2.37. The molecule has 1 N–H and O–H groups in total. The second kappa shape index (κ2) is 11.5. The van der Waals surface area contributed by atoms with Crippen LogP contribution in [0.4, 0.5) is 0 Å². The van der Waals surface area contributed by atoms with Gasteiger partial charge in [0.25, 0.3) is 0 Å². The van der Waals surface area contributed by atoms with Crippen LogP contribution in [0.2, 0.25) is 5.02 Å². The van der Waals surface area contributed by atoms with Crippen LogP contribution in [0.1, 0.15) is 36.5 Å². The van der Waals surface area contributed by atoms with Crippen molar-refractivity contribution in [2.45, 2.75) is 45.9 Å². The first-order chi connectivity index (χ1) is 13.2. The molecule has 154 valence electrons. The van der Waals surface area contributed by atoms with Crippen molar-refractivity contribution in [1.29, 1.82) is 0 Å². The SMILES string of the molecule is CCOc1cc(CNCC2CCCO2)cc(Cl)c1OCc1ccc(C)cc1.Cl. The Balaban J connectivity index is 0.00000280. The van der Waals surface area contributed by atoms with Gasteiger partial charge in [-0.1, -0.05) is 41.4 Å². The first-order valence-electron chi connectivity index (χ1n) is 9.61. The van der Waals surface area contributed by atoms with E-state index < -0.39 is 0 Å². The lowest BCUT2D eigenvalue weighted by Gasteiger charge is -2.16. The molecule has 1 fully saturated rings. The van der Waals surface area contributed by atoms with Crippen molar-refractivity contribution in [3.05, 3.63) is 58.1 Å². The van der Waals surface area contributed by atoms with Crippen LogP contribution in [0, 0.1) is 6.92 Å². The van der Waals surface area contributed by atoms with Gasteiger partial charge in [-0.05, 0) is 49.9 Å². The smallest absolute Gasteiger partial charge is 0.180 e. The van der Waals surface area contributed by atoms with Gasteiger partial charge in [0.15, 0.2) is 11.5 Å². The van der Waals surface area contributed by atoms with Crippen LogP contribution in [0.3, 0.4) is 0 Å². The van der Waals surface area contributed by atoms with Crippen molar-refractivity contribution in [3.63, 3.8) is 0 Å². The maximum absolute atomic E-state index is 6.51. The molecule has 2 aromatic rings. The maximum Gasteiger partial charge on any atom is 0.180 e. The Morgan fingerprint density at radius 2 is 1.93 bits per heavy atom. The van der Waals surface area contributed by atoms with Crippen molar-refractivity contribution in [2.75, 3.05) is 19.8 Å². The van der Waals surface area contributed by atoms with Crippen LogP contribution in [-0.4, -0.2) is 25.9 Å². The normalized spacial score (nSPS) is 15.9. The minimum Gasteiger partial charge on any atom is -0.490 e. The molecule has 1 saturated heterocycles. The van der Waals surface area contributed by atoms with Gasteiger partial charge in [-0.25, -0.2) is 0 Å². The van der Waals surface area contributed by atoms with Gasteiger partial charge in [-0.15, -0.1) is 12.4 Å². The van der Waals surface area contributed by atoms with Gasteiger partial charge >= 0.3 is 0 Å². The first kappa shape index (κ1) is 22.8. The van der Waals surface area contributed by atoms with Gasteiger partial charge in [0.05, 0.1) is 17.7 Å². The van der Waals surface area contributed by atoms with Crippen molar-refractivity contribution in [2.24, 2.45) is 0 Å². The minimum absolute atomic E-state index is 0. The van der Waals surface area contributed by atoms with Crippen molar-refractivity contribution in [1.82, 2.24) is 5.32 Å². The molecular weight excluding hydrogens is 397 g/mol. The van der Waals surface area contributed by atoms with E-state index in [4.69, 9.17) is 25.8 Å². The summed E-state index contributed by atoms with van der Waals surface area (Å²) in [5.41, 5.74) is 3.40. The summed E-state index contributed by atoms with van der Waals surface area (Å²) >= 11 is 6.51. The quantitative estimate of drug-likeness (QED) is 0.590. The molecule has 4 nitrogen and oxygen atoms in total. The lowest BCUT2D eigenvalue weighted by atomic mass is 10.1. The minimum atomic E-state index is 0. The fraction of sp³-hybridized carbons (Fsp3) is 0.455. The number of benzene rings is 2. The topological polar surface area (TPSA) is 39.7 Å².